The Morgan fingerprint density at radius 1 is 0.375 bits per heavy atom. The zero-order valence-corrected chi connectivity index (χ0v) is 70.3. The van der Waals surface area contributed by atoms with E-state index >= 15 is 9.59 Å². The summed E-state index contributed by atoms with van der Waals surface area (Å²) in [5.74, 6) is 0.513. The van der Waals surface area contributed by atoms with Crippen molar-refractivity contribution in [2.75, 3.05) is 13.1 Å². The number of hydrogen-bond acceptors (Lipinski definition) is 13. The van der Waals surface area contributed by atoms with Gasteiger partial charge in [0.1, 0.15) is 10.0 Å². The molecule has 0 aromatic carbocycles. The topological polar surface area (TPSA) is 66.4 Å². The number of hydrogen-bond donors (Lipinski definition) is 0. The van der Waals surface area contributed by atoms with Crippen molar-refractivity contribution >= 4 is 136 Å². The maximum absolute atomic E-state index is 16.6. The van der Waals surface area contributed by atoms with Crippen LogP contribution in [0, 0.1) is 11.8 Å². The lowest BCUT2D eigenvalue weighted by Crippen LogP contribution is -2.35. The first-order valence-corrected chi connectivity index (χ1v) is 47.8. The molecule has 0 bridgehead atoms. The number of unbranched alkanes of at least 4 members (excludes halogenated alkanes) is 22. The number of rotatable bonds is 48. The molecule has 0 saturated carbocycles. The van der Waals surface area contributed by atoms with Crippen molar-refractivity contribution in [3.8, 4) is 58.5 Å². The van der Waals surface area contributed by atoms with Crippen molar-refractivity contribution in [3.63, 3.8) is 0 Å². The Hall–Kier alpha value is -4.94. The number of aromatic nitrogens is 2. The van der Waals surface area contributed by atoms with Gasteiger partial charge in [-0.25, -0.2) is 9.97 Å². The van der Waals surface area contributed by atoms with Gasteiger partial charge in [-0.2, -0.15) is 0 Å². The molecule has 0 fully saturated rings. The van der Waals surface area contributed by atoms with Crippen LogP contribution in [0.2, 0.25) is 0 Å². The van der Waals surface area contributed by atoms with E-state index in [1.807, 2.05) is 68.0 Å². The summed E-state index contributed by atoms with van der Waals surface area (Å²) in [6.07, 6.45) is 47.8. The fourth-order valence-corrected chi connectivity index (χ4v) is 24.9. The van der Waals surface area contributed by atoms with E-state index in [2.05, 4.69) is 159 Å². The standard InChI is InChI=1S/C89H112N4O2S9/c1-7-13-19-25-27-31-39-62(37-29-21-15-9-3)60-92-83(86-90-58-79(103-86)66-55-64(41-33-23-17-11-5)67(56-66)68-45-46-73(98-68)74-49-47-71(99-74)69-43-35-53-96-69)81-82(89(92)95)84(93(88(81)94)61-63(38-30-22-16-10-4)40-32-28-26-20-14-8-2)87-91-59-80(104-87)78-57-65(42-34-24-18-12-6)85(102-78)77-52-51-76(101-77)75-50-48-72(100-75)70-44-36-54-97-70/h35-36,43-55,57-59,62-63H,7-34,37-42,56,60-61H2,1-6H3. The molecule has 2 unspecified atom stereocenters. The van der Waals surface area contributed by atoms with E-state index in [1.165, 1.54) is 222 Å². The first kappa shape index (κ1) is 78.6. The molecule has 2 aliphatic heterocycles. The Morgan fingerprint density at radius 3 is 1.23 bits per heavy atom. The summed E-state index contributed by atoms with van der Waals surface area (Å²) in [5.41, 5.74) is 8.16. The number of fused-ring (bicyclic) bond motifs is 1. The quantitative estimate of drug-likeness (QED) is 0.0357. The normalized spacial score (nSPS) is 14.7. The molecule has 9 aromatic rings. The van der Waals surface area contributed by atoms with Crippen LogP contribution in [-0.2, 0) is 16.0 Å². The largest absolute Gasteiger partial charge is 0.304 e. The van der Waals surface area contributed by atoms with Crippen LogP contribution in [-0.4, -0.2) is 44.7 Å². The molecular weight excluding hydrogens is 1450 g/mol. The van der Waals surface area contributed by atoms with Gasteiger partial charge in [-0.05, 0) is 163 Å². The Kier molecular flexibility index (Phi) is 30.6. The van der Waals surface area contributed by atoms with Gasteiger partial charge < -0.3 is 9.80 Å². The third-order valence-corrected chi connectivity index (χ3v) is 31.9. The van der Waals surface area contributed by atoms with Gasteiger partial charge in [0, 0.05) is 90.4 Å². The summed E-state index contributed by atoms with van der Waals surface area (Å²) >= 11 is 16.5. The minimum atomic E-state index is -0.0408. The highest BCUT2D eigenvalue weighted by atomic mass is 32.1. The van der Waals surface area contributed by atoms with E-state index in [-0.39, 0.29) is 11.8 Å². The van der Waals surface area contributed by atoms with E-state index in [1.54, 1.807) is 34.0 Å². The Morgan fingerprint density at radius 2 is 0.760 bits per heavy atom. The molecule has 15 heteroatoms. The second-order valence-corrected chi connectivity index (χ2v) is 38.8. The highest BCUT2D eigenvalue weighted by Crippen LogP contribution is 2.53. The molecule has 0 saturated heterocycles. The van der Waals surface area contributed by atoms with E-state index < -0.39 is 0 Å². The van der Waals surface area contributed by atoms with Gasteiger partial charge in [-0.3, -0.25) is 9.59 Å². The molecule has 12 rings (SSSR count). The van der Waals surface area contributed by atoms with Crippen molar-refractivity contribution in [2.45, 2.75) is 266 Å². The fourth-order valence-electron chi connectivity index (χ4n) is 15.5. The smallest absolute Gasteiger partial charge is 0.261 e. The maximum Gasteiger partial charge on any atom is 0.261 e. The molecule has 1 aliphatic carbocycles. The number of aryl methyl sites for hydroxylation is 1. The lowest BCUT2D eigenvalue weighted by molar-refractivity contribution is -0.124. The zero-order chi connectivity index (χ0) is 72.0. The third-order valence-electron chi connectivity index (χ3n) is 21.4. The minimum absolute atomic E-state index is 0.0408. The summed E-state index contributed by atoms with van der Waals surface area (Å²) in [4.78, 5) is 66.4. The third kappa shape index (κ3) is 20.1. The predicted octanol–water partition coefficient (Wildman–Crippen LogP) is 30.8. The van der Waals surface area contributed by atoms with Crippen molar-refractivity contribution in [1.29, 1.82) is 0 Å². The number of nitrogens with zero attached hydrogens (tertiary/aromatic N) is 4. The van der Waals surface area contributed by atoms with Gasteiger partial charge in [-0.15, -0.1) is 102 Å². The Balaban J connectivity index is 0.940. The number of carbonyl (C=O) groups is 2. The molecule has 104 heavy (non-hydrogen) atoms. The van der Waals surface area contributed by atoms with Gasteiger partial charge in [0.25, 0.3) is 11.8 Å². The average Bonchev–Trinajstić information content (AvgIpc) is 1.55. The first-order chi connectivity index (χ1) is 51.2. The monoisotopic (exact) mass is 1560 g/mol. The zero-order valence-electron chi connectivity index (χ0n) is 63.0. The van der Waals surface area contributed by atoms with Gasteiger partial charge in [0.05, 0.1) is 32.3 Å². The van der Waals surface area contributed by atoms with Crippen LogP contribution >= 0.6 is 102 Å². The van der Waals surface area contributed by atoms with Crippen molar-refractivity contribution in [3.05, 3.63) is 150 Å². The summed E-state index contributed by atoms with van der Waals surface area (Å²) in [5, 5.41) is 5.90. The molecule has 554 valence electrons. The Labute approximate surface area is 659 Å². The van der Waals surface area contributed by atoms with Crippen molar-refractivity contribution < 1.29 is 9.59 Å². The number of carbonyl (C=O) groups excluding carboxylic acids is 2. The molecule has 0 radical (unpaired) electrons. The van der Waals surface area contributed by atoms with Gasteiger partial charge in [-0.1, -0.05) is 227 Å². The number of thiophene rings is 7. The molecule has 3 aliphatic rings. The first-order valence-electron chi connectivity index (χ1n) is 40.3. The molecule has 0 spiro atoms. The Bertz CT molecular complexity index is 4280. The highest BCUT2D eigenvalue weighted by Gasteiger charge is 2.51. The van der Waals surface area contributed by atoms with Crippen LogP contribution in [0.25, 0.3) is 81.1 Å². The fraction of sp³-hybridized carbons (Fsp3) is 0.506. The van der Waals surface area contributed by atoms with Crippen LogP contribution in [0.4, 0.5) is 0 Å². The van der Waals surface area contributed by atoms with Gasteiger partial charge >= 0.3 is 0 Å². The molecular formula is C89H112N4O2S9. The van der Waals surface area contributed by atoms with Crippen LogP contribution in [0.3, 0.4) is 0 Å². The number of amides is 2. The molecule has 9 aromatic heterocycles. The van der Waals surface area contributed by atoms with Crippen LogP contribution in [0.5, 0.6) is 0 Å². The van der Waals surface area contributed by atoms with E-state index in [0.29, 0.717) is 36.1 Å². The van der Waals surface area contributed by atoms with Crippen LogP contribution in [0.15, 0.2) is 125 Å². The molecule has 6 nitrogen and oxygen atoms in total. The van der Waals surface area contributed by atoms with Crippen LogP contribution < -0.4 is 0 Å². The average molecular weight is 1560 g/mol. The predicted molar refractivity (Wildman–Crippen MR) is 462 cm³/mol. The molecule has 11 heterocycles. The summed E-state index contributed by atoms with van der Waals surface area (Å²) < 4.78 is 0. The van der Waals surface area contributed by atoms with Gasteiger partial charge in [0.2, 0.25) is 0 Å². The second-order valence-electron chi connectivity index (χ2n) is 29.4. The minimum Gasteiger partial charge on any atom is -0.304 e. The summed E-state index contributed by atoms with van der Waals surface area (Å²) in [6, 6.07) is 29.8. The van der Waals surface area contributed by atoms with E-state index in [0.717, 1.165) is 115 Å². The highest BCUT2D eigenvalue weighted by molar-refractivity contribution is 7.30. The number of thiazole rings is 2. The lowest BCUT2D eigenvalue weighted by Gasteiger charge is -2.29. The van der Waals surface area contributed by atoms with E-state index in [9.17, 15) is 0 Å². The molecule has 2 amide bonds. The van der Waals surface area contributed by atoms with Crippen molar-refractivity contribution in [2.24, 2.45) is 11.8 Å². The second kappa shape index (κ2) is 40.5. The van der Waals surface area contributed by atoms with Crippen molar-refractivity contribution in [1.82, 2.24) is 19.8 Å². The summed E-state index contributed by atoms with van der Waals surface area (Å²) in [6.45, 7) is 15.0. The van der Waals surface area contributed by atoms with Gasteiger partial charge in [0.15, 0.2) is 0 Å². The maximum atomic E-state index is 16.6. The lowest BCUT2D eigenvalue weighted by atomic mass is 9.93. The summed E-state index contributed by atoms with van der Waals surface area (Å²) in [7, 11) is 0. The molecule has 0 N–H and O–H groups in total. The van der Waals surface area contributed by atoms with Crippen LogP contribution in [0.1, 0.15) is 285 Å². The molecule has 2 atom stereocenters. The number of allylic oxidation sites excluding steroid dienone is 4. The SMILES string of the molecule is CCCCCCCCC(CCCCCC)CN1C(=O)C2=C(c3ncc(-c4cc(CCCCCC)c(-c5ccc(-c6ccc(-c7cccs7)s6)s5)s4)s3)N(CC(CCCCCC)CCCCCCCC)C(=O)C2=C1c1ncc(C2=CC(CCCCCC)=C(c3ccc(-c4ccc(-c5cccs5)s4)s3)C2)s1. The van der Waals surface area contributed by atoms with E-state index in [4.69, 9.17) is 9.97 Å².